The van der Waals surface area contributed by atoms with E-state index in [-0.39, 0.29) is 18.5 Å². The molecule has 2 aliphatic rings. The van der Waals surface area contributed by atoms with Gasteiger partial charge in [-0.05, 0) is 50.2 Å². The van der Waals surface area contributed by atoms with E-state index in [1.165, 1.54) is 0 Å². The van der Waals surface area contributed by atoms with Crippen molar-refractivity contribution in [1.82, 2.24) is 20.3 Å². The number of nitrogens with one attached hydrogen (secondary N) is 1. The zero-order valence-electron chi connectivity index (χ0n) is 17.4. The highest BCUT2D eigenvalue weighted by Crippen LogP contribution is 2.31. The Morgan fingerprint density at radius 1 is 0.935 bits per heavy atom. The van der Waals surface area contributed by atoms with E-state index in [1.54, 1.807) is 18.6 Å². The summed E-state index contributed by atoms with van der Waals surface area (Å²) in [5.41, 5.74) is 1.02. The van der Waals surface area contributed by atoms with Crippen LogP contribution in [0.4, 0.5) is 0 Å². The number of pyridine rings is 1. The van der Waals surface area contributed by atoms with E-state index < -0.39 is 0 Å². The topological polar surface area (TPSA) is 69.2 Å². The summed E-state index contributed by atoms with van der Waals surface area (Å²) in [5.74, 6) is 1.17. The van der Waals surface area contributed by atoms with Gasteiger partial charge in [-0.25, -0.2) is 9.97 Å². The number of benzene rings is 1. The number of fused-ring (bicyclic) bond motifs is 1. The zero-order chi connectivity index (χ0) is 20.6. The third-order valence-electron chi connectivity index (χ3n) is 5.46. The summed E-state index contributed by atoms with van der Waals surface area (Å²) in [6, 6.07) is 9.86. The lowest BCUT2D eigenvalue weighted by Crippen LogP contribution is -2.34. The minimum Gasteiger partial charge on any atom is -0.473 e. The Bertz CT molecular complexity index is 948. The second-order valence-electron chi connectivity index (χ2n) is 7.55. The van der Waals surface area contributed by atoms with Gasteiger partial charge in [0.05, 0.1) is 0 Å². The summed E-state index contributed by atoms with van der Waals surface area (Å²) in [4.78, 5) is 12.9. The summed E-state index contributed by atoms with van der Waals surface area (Å²) in [6.45, 7) is 3.68. The van der Waals surface area contributed by atoms with Gasteiger partial charge in [0.2, 0.25) is 5.88 Å². The van der Waals surface area contributed by atoms with E-state index in [0.29, 0.717) is 11.1 Å². The summed E-state index contributed by atoms with van der Waals surface area (Å²) < 4.78 is 11.5. The summed E-state index contributed by atoms with van der Waals surface area (Å²) >= 11 is 5.71. The molecule has 0 atom stereocenters. The Hall–Kier alpha value is -1.99. The first kappa shape index (κ1) is 23.7. The molecule has 0 saturated carbocycles. The summed E-state index contributed by atoms with van der Waals surface area (Å²) in [5, 5.41) is 6.15. The molecule has 0 radical (unpaired) electrons. The van der Waals surface area contributed by atoms with Crippen LogP contribution in [0.15, 0.2) is 48.9 Å². The van der Waals surface area contributed by atoms with Gasteiger partial charge in [0.15, 0.2) is 0 Å². The molecule has 166 valence electrons. The largest absolute Gasteiger partial charge is 0.473 e. The molecule has 1 N–H and O–H groups in total. The van der Waals surface area contributed by atoms with Gasteiger partial charge in [0.1, 0.15) is 17.0 Å². The van der Waals surface area contributed by atoms with Crippen LogP contribution in [0.3, 0.4) is 0 Å². The first-order valence-electron chi connectivity index (χ1n) is 10.6. The van der Waals surface area contributed by atoms with Crippen LogP contribution in [0, 0.1) is 0 Å². The minimum absolute atomic E-state index is 0. The lowest BCUT2D eigenvalue weighted by Gasteiger charge is -2.26. The predicted octanol–water partition coefficient (Wildman–Crippen LogP) is 4.81. The third-order valence-corrected chi connectivity index (χ3v) is 5.67. The second-order valence-corrected chi connectivity index (χ2v) is 7.94. The highest BCUT2D eigenvalue weighted by molar-refractivity contribution is 6.30. The molecule has 6 nitrogen and oxygen atoms in total. The molecular formula is C23H28Cl2N4O2. The number of piperidine rings is 1. The van der Waals surface area contributed by atoms with E-state index in [2.05, 4.69) is 20.3 Å². The van der Waals surface area contributed by atoms with Crippen molar-refractivity contribution in [3.05, 3.63) is 59.8 Å². The van der Waals surface area contributed by atoms with Gasteiger partial charge < -0.3 is 14.8 Å². The minimum atomic E-state index is 0. The van der Waals surface area contributed by atoms with E-state index >= 15 is 0 Å². The molecule has 2 saturated heterocycles. The predicted molar refractivity (Wildman–Crippen MR) is 125 cm³/mol. The second kappa shape index (κ2) is 12.2. The van der Waals surface area contributed by atoms with Crippen LogP contribution < -0.4 is 10.1 Å². The maximum absolute atomic E-state index is 6.09. The van der Waals surface area contributed by atoms with Crippen LogP contribution in [0.25, 0.3) is 10.8 Å². The molecule has 8 heteroatoms. The molecule has 0 unspecified atom stereocenters. The van der Waals surface area contributed by atoms with Crippen molar-refractivity contribution in [3.8, 4) is 5.88 Å². The molecular weight excluding hydrogens is 435 g/mol. The number of rotatable bonds is 3. The van der Waals surface area contributed by atoms with Crippen LogP contribution in [0.2, 0.25) is 5.15 Å². The Kier molecular flexibility index (Phi) is 9.28. The fraction of sp³-hybridized carbons (Fsp3) is 0.435. The van der Waals surface area contributed by atoms with Gasteiger partial charge in [0.25, 0.3) is 0 Å². The SMILES string of the molecule is Cl.Clc1cc2ccccc2cn1.c1cnc(C2CCOCC2)c(OC2CCNCC2)n1. The molecule has 0 bridgehead atoms. The average molecular weight is 463 g/mol. The number of hydrogen-bond donors (Lipinski definition) is 1. The normalized spacial score (nSPS) is 17.3. The van der Waals surface area contributed by atoms with Crippen LogP contribution in [-0.4, -0.2) is 47.4 Å². The molecule has 2 aromatic heterocycles. The van der Waals surface area contributed by atoms with Crippen molar-refractivity contribution in [1.29, 1.82) is 0 Å². The smallest absolute Gasteiger partial charge is 0.236 e. The van der Waals surface area contributed by atoms with Gasteiger partial charge in [-0.3, -0.25) is 4.98 Å². The molecule has 31 heavy (non-hydrogen) atoms. The van der Waals surface area contributed by atoms with Gasteiger partial charge in [-0.15, -0.1) is 12.4 Å². The Labute approximate surface area is 194 Å². The van der Waals surface area contributed by atoms with Crippen molar-refractivity contribution in [2.45, 2.75) is 37.7 Å². The fourth-order valence-electron chi connectivity index (χ4n) is 3.81. The highest BCUT2D eigenvalue weighted by Gasteiger charge is 2.24. The number of nitrogens with zero attached hydrogens (tertiary/aromatic N) is 3. The molecule has 3 aromatic rings. The maximum Gasteiger partial charge on any atom is 0.236 e. The third kappa shape index (κ3) is 6.74. The van der Waals surface area contributed by atoms with E-state index in [0.717, 1.165) is 74.3 Å². The molecule has 1 aromatic carbocycles. The number of hydrogen-bond acceptors (Lipinski definition) is 6. The fourth-order valence-corrected chi connectivity index (χ4v) is 3.97. The summed E-state index contributed by atoms with van der Waals surface area (Å²) in [6.07, 6.45) is 9.66. The Morgan fingerprint density at radius 3 is 2.42 bits per heavy atom. The first-order chi connectivity index (χ1) is 14.8. The standard InChI is InChI=1S/C14H21N3O2.C9H6ClN.ClH/c1-5-15-6-2-12(1)19-14-13(16-7-8-17-14)11-3-9-18-10-4-11;10-9-5-7-3-1-2-4-8(7)6-11-9;/h7-8,11-12,15H,1-6,9-10H2;1-6H;1H. The Morgan fingerprint density at radius 2 is 1.65 bits per heavy atom. The number of ether oxygens (including phenoxy) is 2. The first-order valence-corrected chi connectivity index (χ1v) is 10.9. The lowest BCUT2D eigenvalue weighted by molar-refractivity contribution is 0.0821. The van der Waals surface area contributed by atoms with E-state index in [4.69, 9.17) is 21.1 Å². The highest BCUT2D eigenvalue weighted by atomic mass is 35.5. The molecule has 2 aliphatic heterocycles. The van der Waals surface area contributed by atoms with E-state index in [9.17, 15) is 0 Å². The Balaban J connectivity index is 0.000000194. The lowest BCUT2D eigenvalue weighted by atomic mass is 9.96. The van der Waals surface area contributed by atoms with Crippen molar-refractivity contribution in [2.24, 2.45) is 0 Å². The van der Waals surface area contributed by atoms with Crippen molar-refractivity contribution >= 4 is 34.8 Å². The van der Waals surface area contributed by atoms with Crippen LogP contribution in [-0.2, 0) is 4.74 Å². The number of halogens is 2. The van der Waals surface area contributed by atoms with Gasteiger partial charge in [-0.1, -0.05) is 35.9 Å². The van der Waals surface area contributed by atoms with Crippen molar-refractivity contribution in [3.63, 3.8) is 0 Å². The van der Waals surface area contributed by atoms with Crippen molar-refractivity contribution in [2.75, 3.05) is 26.3 Å². The molecule has 2 fully saturated rings. The van der Waals surface area contributed by atoms with Gasteiger partial charge in [-0.2, -0.15) is 0 Å². The van der Waals surface area contributed by atoms with Crippen LogP contribution in [0.5, 0.6) is 5.88 Å². The maximum atomic E-state index is 6.09. The molecule has 0 amide bonds. The van der Waals surface area contributed by atoms with Crippen molar-refractivity contribution < 1.29 is 9.47 Å². The van der Waals surface area contributed by atoms with Crippen LogP contribution in [0.1, 0.15) is 37.3 Å². The molecule has 5 rings (SSSR count). The van der Waals surface area contributed by atoms with Crippen LogP contribution >= 0.6 is 24.0 Å². The summed E-state index contributed by atoms with van der Waals surface area (Å²) in [7, 11) is 0. The molecule has 4 heterocycles. The monoisotopic (exact) mass is 462 g/mol. The van der Waals surface area contributed by atoms with E-state index in [1.807, 2.05) is 30.3 Å². The average Bonchev–Trinajstić information content (AvgIpc) is 2.81. The van der Waals surface area contributed by atoms with Gasteiger partial charge >= 0.3 is 0 Å². The number of aromatic nitrogens is 3. The zero-order valence-corrected chi connectivity index (χ0v) is 18.9. The van der Waals surface area contributed by atoms with Gasteiger partial charge in [0, 0.05) is 43.1 Å². The molecule has 0 spiro atoms. The molecule has 0 aliphatic carbocycles. The quantitative estimate of drug-likeness (QED) is 0.563.